The van der Waals surface area contributed by atoms with Crippen molar-refractivity contribution in [3.63, 3.8) is 0 Å². The summed E-state index contributed by atoms with van der Waals surface area (Å²) in [6.45, 7) is 2.13. The minimum atomic E-state index is -1.03. The normalized spacial score (nSPS) is 13.2. The third-order valence-corrected chi connectivity index (χ3v) is 4.22. The van der Waals surface area contributed by atoms with Crippen molar-refractivity contribution in [2.24, 2.45) is 0 Å². The van der Waals surface area contributed by atoms with E-state index in [2.05, 4.69) is 5.32 Å². The van der Waals surface area contributed by atoms with Crippen LogP contribution < -0.4 is 10.8 Å². The molecule has 0 fully saturated rings. The number of para-hydroxylation sites is 1. The maximum Gasteiger partial charge on any atom is 0.491 e. The molecule has 7 heteroatoms. The largest absolute Gasteiger partial charge is 0.491 e. The second kappa shape index (κ2) is 5.93. The molecule has 22 heavy (non-hydrogen) atoms. The van der Waals surface area contributed by atoms with Crippen LogP contribution in [-0.4, -0.2) is 18.0 Å². The molecule has 112 valence electrons. The minimum Gasteiger partial charge on any atom is -0.423 e. The van der Waals surface area contributed by atoms with Gasteiger partial charge >= 0.3 is 7.12 Å². The van der Waals surface area contributed by atoms with E-state index in [-0.39, 0.29) is 18.1 Å². The average Bonchev–Trinajstić information content (AvgIpc) is 2.82. The fourth-order valence-corrected chi connectivity index (χ4v) is 2.93. The molecule has 1 amide bonds. The number of aryl methyl sites for hydroxylation is 1. The van der Waals surface area contributed by atoms with Gasteiger partial charge in [-0.25, -0.2) is 0 Å². The first kappa shape index (κ1) is 15.4. The Bertz CT molecular complexity index is 746. The molecule has 1 heterocycles. The van der Waals surface area contributed by atoms with Gasteiger partial charge in [0.25, 0.3) is 5.91 Å². The molecule has 2 aromatic carbocycles. The first-order valence-corrected chi connectivity index (χ1v) is 7.41. The number of anilines is 1. The fourth-order valence-electron chi connectivity index (χ4n) is 2.39. The van der Waals surface area contributed by atoms with Gasteiger partial charge < -0.3 is 15.0 Å². The van der Waals surface area contributed by atoms with E-state index >= 15 is 0 Å². The summed E-state index contributed by atoms with van der Waals surface area (Å²) in [6, 6.07) is 8.55. The molecule has 0 radical (unpaired) electrons. The van der Waals surface area contributed by atoms with Crippen molar-refractivity contribution >= 4 is 47.4 Å². The predicted octanol–water partition coefficient (Wildman–Crippen LogP) is 2.77. The summed E-state index contributed by atoms with van der Waals surface area (Å²) in [4.78, 5) is 12.5. The highest BCUT2D eigenvalue weighted by Gasteiger charge is 2.29. The van der Waals surface area contributed by atoms with Crippen LogP contribution in [0.2, 0.25) is 10.0 Å². The van der Waals surface area contributed by atoms with Crippen molar-refractivity contribution in [1.29, 1.82) is 0 Å². The van der Waals surface area contributed by atoms with Gasteiger partial charge in [0.2, 0.25) is 0 Å². The molecule has 0 saturated heterocycles. The standard InChI is InChI=1S/C15H12BCl2NO3/c1-8-3-2-4-12(17)14(8)19-15(20)10-6-11-9(5-13(10)18)7-22-16(11)21/h2-6,21H,7H2,1H3,(H,19,20). The van der Waals surface area contributed by atoms with E-state index in [0.29, 0.717) is 21.2 Å². The third-order valence-electron chi connectivity index (χ3n) is 3.60. The number of benzene rings is 2. The van der Waals surface area contributed by atoms with Crippen molar-refractivity contribution in [2.45, 2.75) is 13.5 Å². The second-order valence-electron chi connectivity index (χ2n) is 5.08. The number of rotatable bonds is 2. The van der Waals surface area contributed by atoms with Crippen LogP contribution in [-0.2, 0) is 11.3 Å². The summed E-state index contributed by atoms with van der Waals surface area (Å²) in [5, 5.41) is 13.3. The van der Waals surface area contributed by atoms with E-state index in [1.165, 1.54) is 0 Å². The van der Waals surface area contributed by atoms with Gasteiger partial charge in [0, 0.05) is 0 Å². The molecule has 0 spiro atoms. The fraction of sp³-hybridized carbons (Fsp3) is 0.133. The Morgan fingerprint density at radius 3 is 2.82 bits per heavy atom. The average molecular weight is 336 g/mol. The van der Waals surface area contributed by atoms with E-state index in [0.717, 1.165) is 11.1 Å². The van der Waals surface area contributed by atoms with Crippen LogP contribution in [0.25, 0.3) is 0 Å². The Morgan fingerprint density at radius 1 is 1.32 bits per heavy atom. The van der Waals surface area contributed by atoms with E-state index in [1.807, 2.05) is 19.1 Å². The van der Waals surface area contributed by atoms with Gasteiger partial charge in [-0.2, -0.15) is 0 Å². The quantitative estimate of drug-likeness (QED) is 0.830. The number of nitrogens with one attached hydrogen (secondary N) is 1. The third kappa shape index (κ3) is 2.73. The smallest absolute Gasteiger partial charge is 0.423 e. The van der Waals surface area contributed by atoms with Gasteiger partial charge in [0.05, 0.1) is 27.9 Å². The van der Waals surface area contributed by atoms with Crippen molar-refractivity contribution in [3.8, 4) is 0 Å². The molecule has 0 atom stereocenters. The summed E-state index contributed by atoms with van der Waals surface area (Å²) < 4.78 is 5.11. The first-order valence-electron chi connectivity index (χ1n) is 6.66. The van der Waals surface area contributed by atoms with E-state index < -0.39 is 7.12 Å². The number of hydrogen-bond donors (Lipinski definition) is 2. The lowest BCUT2D eigenvalue weighted by Gasteiger charge is -2.12. The molecule has 1 aliphatic rings. The monoisotopic (exact) mass is 335 g/mol. The summed E-state index contributed by atoms with van der Waals surface area (Å²) in [6.07, 6.45) is 0. The Balaban J connectivity index is 1.95. The Labute approximate surface area is 138 Å². The van der Waals surface area contributed by atoms with Crippen LogP contribution in [0.1, 0.15) is 21.5 Å². The molecule has 4 nitrogen and oxygen atoms in total. The number of fused-ring (bicyclic) bond motifs is 1. The van der Waals surface area contributed by atoms with Crippen LogP contribution in [0.4, 0.5) is 5.69 Å². The van der Waals surface area contributed by atoms with Crippen molar-refractivity contribution in [1.82, 2.24) is 0 Å². The van der Waals surface area contributed by atoms with Gasteiger partial charge in [0.15, 0.2) is 0 Å². The number of hydrogen-bond acceptors (Lipinski definition) is 3. The predicted molar refractivity (Wildman–Crippen MR) is 88.0 cm³/mol. The van der Waals surface area contributed by atoms with Crippen LogP contribution in [0.3, 0.4) is 0 Å². The molecular formula is C15H12BCl2NO3. The summed E-state index contributed by atoms with van der Waals surface area (Å²) in [5.74, 6) is -0.386. The van der Waals surface area contributed by atoms with Gasteiger partial charge in [-0.15, -0.1) is 0 Å². The number of carbonyl (C=O) groups is 1. The van der Waals surface area contributed by atoms with Crippen molar-refractivity contribution in [2.75, 3.05) is 5.32 Å². The Kier molecular flexibility index (Phi) is 4.15. The molecular weight excluding hydrogens is 324 g/mol. The number of amides is 1. The summed E-state index contributed by atoms with van der Waals surface area (Å²) in [7, 11) is -1.03. The van der Waals surface area contributed by atoms with Crippen LogP contribution in [0.5, 0.6) is 0 Å². The molecule has 0 aliphatic carbocycles. The zero-order valence-electron chi connectivity index (χ0n) is 11.7. The zero-order chi connectivity index (χ0) is 15.9. The maximum atomic E-state index is 12.5. The van der Waals surface area contributed by atoms with E-state index in [9.17, 15) is 9.82 Å². The van der Waals surface area contributed by atoms with Gasteiger partial charge in [-0.1, -0.05) is 35.3 Å². The lowest BCUT2D eigenvalue weighted by atomic mass is 9.78. The van der Waals surface area contributed by atoms with Crippen molar-refractivity contribution in [3.05, 3.63) is 57.1 Å². The van der Waals surface area contributed by atoms with Crippen LogP contribution in [0.15, 0.2) is 30.3 Å². The summed E-state index contributed by atoms with van der Waals surface area (Å²) >= 11 is 12.3. The van der Waals surface area contributed by atoms with Crippen molar-refractivity contribution < 1.29 is 14.5 Å². The van der Waals surface area contributed by atoms with Crippen LogP contribution in [0, 0.1) is 6.92 Å². The van der Waals surface area contributed by atoms with Gasteiger partial charge in [-0.3, -0.25) is 4.79 Å². The molecule has 2 aromatic rings. The lowest BCUT2D eigenvalue weighted by Crippen LogP contribution is -2.29. The molecule has 0 saturated carbocycles. The molecule has 3 rings (SSSR count). The maximum absolute atomic E-state index is 12.5. The summed E-state index contributed by atoms with van der Waals surface area (Å²) in [5.41, 5.74) is 3.00. The highest BCUT2D eigenvalue weighted by Crippen LogP contribution is 2.27. The lowest BCUT2D eigenvalue weighted by molar-refractivity contribution is 0.102. The zero-order valence-corrected chi connectivity index (χ0v) is 13.2. The molecule has 2 N–H and O–H groups in total. The minimum absolute atomic E-state index is 0.268. The SMILES string of the molecule is Cc1cccc(Cl)c1NC(=O)c1cc2c(cc1Cl)COB2O. The second-order valence-corrected chi connectivity index (χ2v) is 5.89. The van der Waals surface area contributed by atoms with Gasteiger partial charge in [-0.05, 0) is 41.7 Å². The van der Waals surface area contributed by atoms with Gasteiger partial charge in [0.1, 0.15) is 0 Å². The molecule has 0 unspecified atom stereocenters. The van der Waals surface area contributed by atoms with E-state index in [4.69, 9.17) is 27.9 Å². The van der Waals surface area contributed by atoms with E-state index in [1.54, 1.807) is 18.2 Å². The Hall–Kier alpha value is -1.53. The molecule has 1 aliphatic heterocycles. The number of carbonyl (C=O) groups excluding carboxylic acids is 1. The topological polar surface area (TPSA) is 58.6 Å². The highest BCUT2D eigenvalue weighted by molar-refractivity contribution is 6.61. The number of halogens is 2. The van der Waals surface area contributed by atoms with Crippen LogP contribution >= 0.6 is 23.2 Å². The molecule has 0 bridgehead atoms. The highest BCUT2D eigenvalue weighted by atomic mass is 35.5. The molecule has 0 aromatic heterocycles. The first-order chi connectivity index (χ1) is 10.5. The Morgan fingerprint density at radius 2 is 2.09 bits per heavy atom.